The first-order chi connectivity index (χ1) is 8.75. The summed E-state index contributed by atoms with van der Waals surface area (Å²) in [6, 6.07) is 7.48. The first-order valence-electron chi connectivity index (χ1n) is 6.46. The highest BCUT2D eigenvalue weighted by molar-refractivity contribution is 5.40. The highest BCUT2D eigenvalue weighted by atomic mass is 16.1. The van der Waals surface area contributed by atoms with Crippen LogP contribution in [0.1, 0.15) is 30.1 Å². The lowest BCUT2D eigenvalue weighted by atomic mass is 9.94. The Balaban J connectivity index is 2.12. The number of piperidine rings is 1. The first-order valence-corrected chi connectivity index (χ1v) is 6.46. The van der Waals surface area contributed by atoms with E-state index < -0.39 is 0 Å². The van der Waals surface area contributed by atoms with Crippen molar-refractivity contribution in [3.63, 3.8) is 0 Å². The summed E-state index contributed by atoms with van der Waals surface area (Å²) >= 11 is 0. The van der Waals surface area contributed by atoms with Crippen molar-refractivity contribution in [2.75, 3.05) is 13.1 Å². The fourth-order valence-corrected chi connectivity index (χ4v) is 2.66. The minimum absolute atomic E-state index is 0.0339. The summed E-state index contributed by atoms with van der Waals surface area (Å²) in [5.74, 6) is 0.421. The fourth-order valence-electron chi connectivity index (χ4n) is 2.66. The Kier molecular flexibility index (Phi) is 2.88. The van der Waals surface area contributed by atoms with E-state index in [2.05, 4.69) is 10.3 Å². The lowest BCUT2D eigenvalue weighted by Gasteiger charge is -2.22. The van der Waals surface area contributed by atoms with Crippen molar-refractivity contribution in [2.45, 2.75) is 25.7 Å². The van der Waals surface area contributed by atoms with Gasteiger partial charge in [0.05, 0.1) is 5.69 Å². The maximum atomic E-state index is 12.2. The summed E-state index contributed by atoms with van der Waals surface area (Å²) in [4.78, 5) is 16.8. The summed E-state index contributed by atoms with van der Waals surface area (Å²) in [7, 11) is 0. The Morgan fingerprint density at radius 2 is 2.11 bits per heavy atom. The van der Waals surface area contributed by atoms with Gasteiger partial charge in [-0.3, -0.25) is 9.20 Å². The number of rotatable bonds is 1. The molecule has 1 saturated heterocycles. The molecule has 1 fully saturated rings. The van der Waals surface area contributed by atoms with E-state index in [0.29, 0.717) is 5.92 Å². The molecule has 0 spiro atoms. The Morgan fingerprint density at radius 1 is 1.33 bits per heavy atom. The SMILES string of the molecule is Cc1cccc2nc(C3CCNCC3)cc(=O)n12. The quantitative estimate of drug-likeness (QED) is 0.825. The highest BCUT2D eigenvalue weighted by Gasteiger charge is 2.17. The topological polar surface area (TPSA) is 46.4 Å². The molecule has 3 heterocycles. The third kappa shape index (κ3) is 1.93. The minimum atomic E-state index is 0.0339. The largest absolute Gasteiger partial charge is 0.317 e. The van der Waals surface area contributed by atoms with Crippen LogP contribution in [0.5, 0.6) is 0 Å². The predicted molar refractivity (Wildman–Crippen MR) is 71.0 cm³/mol. The third-order valence-electron chi connectivity index (χ3n) is 3.66. The second kappa shape index (κ2) is 4.53. The number of fused-ring (bicyclic) bond motifs is 1. The molecule has 4 heteroatoms. The van der Waals surface area contributed by atoms with Gasteiger partial charge in [0.2, 0.25) is 0 Å². The first kappa shape index (κ1) is 11.4. The molecule has 3 rings (SSSR count). The molecule has 0 atom stereocenters. The predicted octanol–water partition coefficient (Wildman–Crippen LogP) is 1.47. The standard InChI is InChI=1S/C14H17N3O/c1-10-3-2-4-13-16-12(9-14(18)17(10)13)11-5-7-15-8-6-11/h2-4,9,11,15H,5-8H2,1H3. The number of aromatic nitrogens is 2. The molecule has 4 nitrogen and oxygen atoms in total. The van der Waals surface area contributed by atoms with Gasteiger partial charge in [-0.05, 0) is 45.0 Å². The zero-order valence-electron chi connectivity index (χ0n) is 10.5. The zero-order chi connectivity index (χ0) is 12.5. The van der Waals surface area contributed by atoms with Crippen molar-refractivity contribution in [3.05, 3.63) is 46.0 Å². The smallest absolute Gasteiger partial charge is 0.258 e. The van der Waals surface area contributed by atoms with Crippen LogP contribution in [0.2, 0.25) is 0 Å². The van der Waals surface area contributed by atoms with E-state index in [-0.39, 0.29) is 5.56 Å². The monoisotopic (exact) mass is 243 g/mol. The van der Waals surface area contributed by atoms with Crippen LogP contribution in [0, 0.1) is 6.92 Å². The molecule has 2 aromatic heterocycles. The molecular formula is C14H17N3O. The maximum Gasteiger partial charge on any atom is 0.258 e. The van der Waals surface area contributed by atoms with Gasteiger partial charge < -0.3 is 5.32 Å². The Bertz CT molecular complexity index is 626. The Labute approximate surface area is 106 Å². The van der Waals surface area contributed by atoms with Crippen LogP contribution in [0.15, 0.2) is 29.1 Å². The van der Waals surface area contributed by atoms with Gasteiger partial charge in [0.25, 0.3) is 5.56 Å². The van der Waals surface area contributed by atoms with E-state index in [4.69, 9.17) is 0 Å². The normalized spacial score (nSPS) is 17.2. The highest BCUT2D eigenvalue weighted by Crippen LogP contribution is 2.22. The van der Waals surface area contributed by atoms with Gasteiger partial charge >= 0.3 is 0 Å². The summed E-state index contributed by atoms with van der Waals surface area (Å²) in [5, 5.41) is 3.33. The summed E-state index contributed by atoms with van der Waals surface area (Å²) < 4.78 is 1.67. The Hall–Kier alpha value is -1.68. The van der Waals surface area contributed by atoms with Crippen molar-refractivity contribution in [2.24, 2.45) is 0 Å². The van der Waals surface area contributed by atoms with Gasteiger partial charge in [-0.2, -0.15) is 0 Å². The van der Waals surface area contributed by atoms with Crippen molar-refractivity contribution in [1.29, 1.82) is 0 Å². The molecule has 0 aliphatic carbocycles. The number of hydrogen-bond donors (Lipinski definition) is 1. The molecule has 1 aliphatic rings. The van der Waals surface area contributed by atoms with Gasteiger partial charge in [0.1, 0.15) is 5.65 Å². The second-order valence-electron chi connectivity index (χ2n) is 4.90. The van der Waals surface area contributed by atoms with Crippen LogP contribution >= 0.6 is 0 Å². The molecule has 0 radical (unpaired) electrons. The van der Waals surface area contributed by atoms with Gasteiger partial charge in [0.15, 0.2) is 0 Å². The summed E-state index contributed by atoms with van der Waals surface area (Å²) in [5.41, 5.74) is 2.68. The van der Waals surface area contributed by atoms with E-state index in [1.807, 2.05) is 25.1 Å². The van der Waals surface area contributed by atoms with Gasteiger partial charge in [-0.15, -0.1) is 0 Å². The molecule has 1 N–H and O–H groups in total. The molecule has 0 aromatic carbocycles. The molecule has 0 bridgehead atoms. The van der Waals surface area contributed by atoms with Crippen LogP contribution in [-0.4, -0.2) is 22.5 Å². The molecule has 18 heavy (non-hydrogen) atoms. The van der Waals surface area contributed by atoms with Crippen molar-refractivity contribution in [3.8, 4) is 0 Å². The van der Waals surface area contributed by atoms with Gasteiger partial charge in [0, 0.05) is 17.7 Å². The molecule has 0 amide bonds. The second-order valence-corrected chi connectivity index (χ2v) is 4.90. The van der Waals surface area contributed by atoms with Crippen molar-refractivity contribution < 1.29 is 0 Å². The molecule has 0 unspecified atom stereocenters. The molecule has 2 aromatic rings. The number of pyridine rings is 1. The number of hydrogen-bond acceptors (Lipinski definition) is 3. The average Bonchev–Trinajstić information content (AvgIpc) is 2.39. The fraction of sp³-hybridized carbons (Fsp3) is 0.429. The average molecular weight is 243 g/mol. The van der Waals surface area contributed by atoms with E-state index in [1.165, 1.54) is 0 Å². The van der Waals surface area contributed by atoms with E-state index in [9.17, 15) is 4.79 Å². The number of aryl methyl sites for hydroxylation is 1. The lowest BCUT2D eigenvalue weighted by molar-refractivity contribution is 0.453. The lowest BCUT2D eigenvalue weighted by Crippen LogP contribution is -2.28. The van der Waals surface area contributed by atoms with Gasteiger partial charge in [-0.25, -0.2) is 4.98 Å². The van der Waals surface area contributed by atoms with Crippen LogP contribution in [0.3, 0.4) is 0 Å². The number of nitrogens with one attached hydrogen (secondary N) is 1. The third-order valence-corrected chi connectivity index (χ3v) is 3.66. The van der Waals surface area contributed by atoms with Crippen molar-refractivity contribution in [1.82, 2.24) is 14.7 Å². The summed E-state index contributed by atoms with van der Waals surface area (Å²) in [6.07, 6.45) is 2.13. The van der Waals surface area contributed by atoms with Crippen LogP contribution < -0.4 is 10.9 Å². The van der Waals surface area contributed by atoms with E-state index in [1.54, 1.807) is 10.5 Å². The molecule has 1 aliphatic heterocycles. The van der Waals surface area contributed by atoms with Crippen LogP contribution in [-0.2, 0) is 0 Å². The Morgan fingerprint density at radius 3 is 2.89 bits per heavy atom. The van der Waals surface area contributed by atoms with E-state index >= 15 is 0 Å². The maximum absolute atomic E-state index is 12.2. The molecule has 94 valence electrons. The van der Waals surface area contributed by atoms with E-state index in [0.717, 1.165) is 43.0 Å². The molecule has 0 saturated carbocycles. The van der Waals surface area contributed by atoms with Gasteiger partial charge in [-0.1, -0.05) is 6.07 Å². The summed E-state index contributed by atoms with van der Waals surface area (Å²) in [6.45, 7) is 3.96. The minimum Gasteiger partial charge on any atom is -0.317 e. The van der Waals surface area contributed by atoms with Crippen molar-refractivity contribution >= 4 is 5.65 Å². The van der Waals surface area contributed by atoms with Crippen LogP contribution in [0.4, 0.5) is 0 Å². The zero-order valence-corrected chi connectivity index (χ0v) is 10.5. The van der Waals surface area contributed by atoms with Crippen LogP contribution in [0.25, 0.3) is 5.65 Å². The molecular weight excluding hydrogens is 226 g/mol. The number of nitrogens with zero attached hydrogens (tertiary/aromatic N) is 2.